The van der Waals surface area contributed by atoms with Gasteiger partial charge in [-0.1, -0.05) is 26.0 Å². The number of aryl methyl sites for hydroxylation is 1. The lowest BCUT2D eigenvalue weighted by Crippen LogP contribution is -2.25. The molecule has 20 heavy (non-hydrogen) atoms. The molecular formula is C16H20FN3. The van der Waals surface area contributed by atoms with Crippen LogP contribution in [0.3, 0.4) is 0 Å². The molecule has 4 heteroatoms. The molecule has 1 N–H and O–H groups in total. The number of rotatable bonds is 2. The van der Waals surface area contributed by atoms with E-state index in [4.69, 9.17) is 4.98 Å². The van der Waals surface area contributed by atoms with E-state index in [0.29, 0.717) is 5.69 Å². The number of aromatic nitrogens is 2. The lowest BCUT2D eigenvalue weighted by Gasteiger charge is -2.19. The van der Waals surface area contributed by atoms with Crippen LogP contribution in [0.5, 0.6) is 0 Å². The molecule has 0 aliphatic carbocycles. The second-order valence-corrected chi connectivity index (χ2v) is 5.69. The van der Waals surface area contributed by atoms with Gasteiger partial charge in [0.1, 0.15) is 11.6 Å². The second kappa shape index (κ2) is 5.02. The molecule has 1 aromatic carbocycles. The van der Waals surface area contributed by atoms with Crippen LogP contribution in [-0.2, 0) is 13.0 Å². The number of hydrogen-bond acceptors (Lipinski definition) is 2. The van der Waals surface area contributed by atoms with Crippen LogP contribution in [0.15, 0.2) is 18.2 Å². The standard InChI is InChI=1S/C16H20FN3/c1-10(2)16-19-13-9-18-8-7-14(13)20(16)15-11(3)5-4-6-12(15)17/h4-6,10,18H,7-9H2,1-3H3. The number of hydrogen-bond donors (Lipinski definition) is 1. The summed E-state index contributed by atoms with van der Waals surface area (Å²) >= 11 is 0. The van der Waals surface area contributed by atoms with Gasteiger partial charge < -0.3 is 5.32 Å². The van der Waals surface area contributed by atoms with Gasteiger partial charge in [-0.25, -0.2) is 9.37 Å². The molecule has 2 aromatic rings. The summed E-state index contributed by atoms with van der Waals surface area (Å²) in [6.45, 7) is 7.86. The van der Waals surface area contributed by atoms with Crippen molar-refractivity contribution in [2.24, 2.45) is 0 Å². The topological polar surface area (TPSA) is 29.9 Å². The molecule has 0 amide bonds. The Kier molecular flexibility index (Phi) is 3.34. The van der Waals surface area contributed by atoms with Gasteiger partial charge in [-0.05, 0) is 18.6 Å². The fourth-order valence-corrected chi connectivity index (χ4v) is 2.87. The molecule has 0 radical (unpaired) electrons. The first-order valence-electron chi connectivity index (χ1n) is 7.16. The van der Waals surface area contributed by atoms with E-state index < -0.39 is 0 Å². The van der Waals surface area contributed by atoms with Crippen molar-refractivity contribution in [1.82, 2.24) is 14.9 Å². The molecule has 1 aliphatic heterocycles. The predicted molar refractivity (Wildman–Crippen MR) is 77.8 cm³/mol. The molecule has 0 spiro atoms. The van der Waals surface area contributed by atoms with Crippen molar-refractivity contribution in [1.29, 1.82) is 0 Å². The van der Waals surface area contributed by atoms with Crippen molar-refractivity contribution < 1.29 is 4.39 Å². The summed E-state index contributed by atoms with van der Waals surface area (Å²) in [6, 6.07) is 5.24. The minimum absolute atomic E-state index is 0.175. The Morgan fingerprint density at radius 2 is 2.15 bits per heavy atom. The highest BCUT2D eigenvalue weighted by molar-refractivity contribution is 5.46. The van der Waals surface area contributed by atoms with Crippen LogP contribution in [0, 0.1) is 12.7 Å². The highest BCUT2D eigenvalue weighted by atomic mass is 19.1. The third-order valence-electron chi connectivity index (χ3n) is 3.84. The molecule has 0 saturated carbocycles. The number of para-hydroxylation sites is 1. The molecule has 0 atom stereocenters. The van der Waals surface area contributed by atoms with Gasteiger partial charge in [-0.3, -0.25) is 4.57 Å². The quantitative estimate of drug-likeness (QED) is 0.911. The number of fused-ring (bicyclic) bond motifs is 1. The van der Waals surface area contributed by atoms with Crippen molar-refractivity contribution in [3.63, 3.8) is 0 Å². The third-order valence-corrected chi connectivity index (χ3v) is 3.84. The van der Waals surface area contributed by atoms with Crippen molar-refractivity contribution in [3.05, 3.63) is 46.8 Å². The van der Waals surface area contributed by atoms with Crippen LogP contribution < -0.4 is 5.32 Å². The van der Waals surface area contributed by atoms with E-state index in [1.54, 1.807) is 6.07 Å². The fourth-order valence-electron chi connectivity index (χ4n) is 2.87. The SMILES string of the molecule is Cc1cccc(F)c1-n1c(C(C)C)nc2c1CCNC2. The van der Waals surface area contributed by atoms with Crippen LogP contribution in [0.2, 0.25) is 0 Å². The Balaban J connectivity index is 2.29. The lowest BCUT2D eigenvalue weighted by molar-refractivity contribution is 0.594. The first kappa shape index (κ1) is 13.3. The molecule has 3 rings (SSSR count). The molecule has 1 aliphatic rings. The van der Waals surface area contributed by atoms with E-state index in [1.165, 1.54) is 6.07 Å². The molecule has 1 aromatic heterocycles. The van der Waals surface area contributed by atoms with Gasteiger partial charge in [0, 0.05) is 31.1 Å². The highest BCUT2D eigenvalue weighted by Gasteiger charge is 2.24. The largest absolute Gasteiger partial charge is 0.311 e. The van der Waals surface area contributed by atoms with E-state index in [9.17, 15) is 4.39 Å². The average molecular weight is 273 g/mol. The Morgan fingerprint density at radius 1 is 1.35 bits per heavy atom. The molecule has 2 heterocycles. The van der Waals surface area contributed by atoms with Crippen LogP contribution >= 0.6 is 0 Å². The summed E-state index contributed by atoms with van der Waals surface area (Å²) in [5.74, 6) is 1.04. The maximum atomic E-state index is 14.4. The molecule has 0 fully saturated rings. The van der Waals surface area contributed by atoms with Crippen molar-refractivity contribution in [3.8, 4) is 5.69 Å². The van der Waals surface area contributed by atoms with E-state index in [-0.39, 0.29) is 11.7 Å². The minimum atomic E-state index is -0.175. The van der Waals surface area contributed by atoms with Crippen molar-refractivity contribution in [2.45, 2.75) is 39.7 Å². The van der Waals surface area contributed by atoms with Crippen molar-refractivity contribution in [2.75, 3.05) is 6.54 Å². The minimum Gasteiger partial charge on any atom is -0.311 e. The fraction of sp³-hybridized carbons (Fsp3) is 0.438. The third kappa shape index (κ3) is 2.04. The zero-order valence-electron chi connectivity index (χ0n) is 12.2. The van der Waals surface area contributed by atoms with Crippen LogP contribution in [0.4, 0.5) is 4.39 Å². The molecule has 0 bridgehead atoms. The molecule has 3 nitrogen and oxygen atoms in total. The van der Waals surface area contributed by atoms with Crippen LogP contribution in [0.25, 0.3) is 5.69 Å². The number of benzene rings is 1. The van der Waals surface area contributed by atoms with Gasteiger partial charge in [0.25, 0.3) is 0 Å². The van der Waals surface area contributed by atoms with Gasteiger partial charge in [0.05, 0.1) is 11.4 Å². The normalized spacial score (nSPS) is 14.7. The van der Waals surface area contributed by atoms with Gasteiger partial charge in [0.15, 0.2) is 0 Å². The van der Waals surface area contributed by atoms with Crippen LogP contribution in [-0.4, -0.2) is 16.1 Å². The number of nitrogens with zero attached hydrogens (tertiary/aromatic N) is 2. The Hall–Kier alpha value is -1.68. The van der Waals surface area contributed by atoms with Gasteiger partial charge in [-0.2, -0.15) is 0 Å². The summed E-state index contributed by atoms with van der Waals surface area (Å²) in [6.07, 6.45) is 0.892. The lowest BCUT2D eigenvalue weighted by atomic mass is 10.1. The van der Waals surface area contributed by atoms with E-state index in [1.807, 2.05) is 17.6 Å². The zero-order valence-corrected chi connectivity index (χ0v) is 12.2. The number of halogens is 1. The van der Waals surface area contributed by atoms with Gasteiger partial charge >= 0.3 is 0 Å². The highest BCUT2D eigenvalue weighted by Crippen LogP contribution is 2.29. The maximum Gasteiger partial charge on any atom is 0.147 e. The van der Waals surface area contributed by atoms with Crippen LogP contribution in [0.1, 0.15) is 42.5 Å². The van der Waals surface area contributed by atoms with E-state index >= 15 is 0 Å². The average Bonchev–Trinajstić information content (AvgIpc) is 2.78. The molecule has 106 valence electrons. The van der Waals surface area contributed by atoms with Crippen molar-refractivity contribution >= 4 is 0 Å². The van der Waals surface area contributed by atoms with Gasteiger partial charge in [0.2, 0.25) is 0 Å². The smallest absolute Gasteiger partial charge is 0.147 e. The first-order chi connectivity index (χ1) is 9.59. The predicted octanol–water partition coefficient (Wildman–Crippen LogP) is 3.09. The van der Waals surface area contributed by atoms with E-state index in [0.717, 1.165) is 42.3 Å². The molecule has 0 unspecified atom stereocenters. The summed E-state index contributed by atoms with van der Waals surface area (Å²) < 4.78 is 16.4. The molecular weight excluding hydrogens is 253 g/mol. The molecule has 0 saturated heterocycles. The number of imidazole rings is 1. The maximum absolute atomic E-state index is 14.4. The Morgan fingerprint density at radius 3 is 2.85 bits per heavy atom. The second-order valence-electron chi connectivity index (χ2n) is 5.69. The monoisotopic (exact) mass is 273 g/mol. The van der Waals surface area contributed by atoms with Gasteiger partial charge in [-0.15, -0.1) is 0 Å². The zero-order chi connectivity index (χ0) is 14.3. The summed E-state index contributed by atoms with van der Waals surface area (Å²) in [5.41, 5.74) is 3.82. The summed E-state index contributed by atoms with van der Waals surface area (Å²) in [4.78, 5) is 4.74. The Labute approximate surface area is 118 Å². The number of nitrogens with one attached hydrogen (secondary N) is 1. The van der Waals surface area contributed by atoms with E-state index in [2.05, 4.69) is 19.2 Å². The summed E-state index contributed by atoms with van der Waals surface area (Å²) in [7, 11) is 0. The summed E-state index contributed by atoms with van der Waals surface area (Å²) in [5, 5.41) is 3.33. The Bertz CT molecular complexity index is 623. The first-order valence-corrected chi connectivity index (χ1v) is 7.16.